The fourth-order valence-corrected chi connectivity index (χ4v) is 2.38. The molecule has 0 saturated heterocycles. The minimum Gasteiger partial charge on any atom is -0.480 e. The molecule has 0 rings (SSSR count). The second-order valence-electron chi connectivity index (χ2n) is 3.45. The summed E-state index contributed by atoms with van der Waals surface area (Å²) in [5.41, 5.74) is 0. The molecule has 0 spiro atoms. The zero-order valence-electron chi connectivity index (χ0n) is 8.66. The molecule has 0 aromatic rings. The highest BCUT2D eigenvalue weighted by Gasteiger charge is 2.34. The van der Waals surface area contributed by atoms with Crippen LogP contribution in [-0.4, -0.2) is 34.8 Å². The highest BCUT2D eigenvalue weighted by Crippen LogP contribution is 2.32. The van der Waals surface area contributed by atoms with Crippen molar-refractivity contribution in [1.29, 1.82) is 0 Å². The number of methoxy groups -OCH3 is 1. The van der Waals surface area contributed by atoms with Crippen LogP contribution in [0, 0.1) is 0 Å². The number of carbonyl (C=O) groups is 1. The van der Waals surface area contributed by atoms with Gasteiger partial charge in [0.1, 0.15) is 4.75 Å². The van der Waals surface area contributed by atoms with Crippen molar-refractivity contribution in [1.82, 2.24) is 0 Å². The lowest BCUT2D eigenvalue weighted by molar-refractivity contribution is -0.139. The first kappa shape index (κ1) is 12.8. The van der Waals surface area contributed by atoms with Crippen molar-refractivity contribution in [2.45, 2.75) is 37.2 Å². The average Bonchev–Trinajstić information content (AvgIpc) is 1.99. The van der Waals surface area contributed by atoms with Crippen LogP contribution in [0.3, 0.4) is 0 Å². The summed E-state index contributed by atoms with van der Waals surface area (Å²) < 4.78 is 4.17. The van der Waals surface area contributed by atoms with Crippen molar-refractivity contribution in [3.63, 3.8) is 0 Å². The standard InChI is InChI=1S/C9H18O3S/c1-7(2)13-9(3,8(10)11)5-6-12-4/h7H,5-6H2,1-4H3,(H,10,11). The van der Waals surface area contributed by atoms with E-state index >= 15 is 0 Å². The molecule has 0 fully saturated rings. The maximum absolute atomic E-state index is 11.0. The van der Waals surface area contributed by atoms with Crippen molar-refractivity contribution in [2.24, 2.45) is 0 Å². The van der Waals surface area contributed by atoms with Crippen LogP contribution in [0.15, 0.2) is 0 Å². The average molecular weight is 206 g/mol. The minimum atomic E-state index is -0.761. The van der Waals surface area contributed by atoms with Gasteiger partial charge in [0.05, 0.1) is 0 Å². The van der Waals surface area contributed by atoms with E-state index in [0.717, 1.165) is 0 Å². The molecule has 78 valence electrons. The first-order valence-electron chi connectivity index (χ1n) is 4.32. The number of carboxylic acids is 1. The molecule has 0 amide bonds. The third kappa shape index (κ3) is 4.52. The molecule has 3 nitrogen and oxygen atoms in total. The maximum atomic E-state index is 11.0. The number of aliphatic carboxylic acids is 1. The molecule has 0 radical (unpaired) electrons. The molecule has 0 saturated carbocycles. The lowest BCUT2D eigenvalue weighted by atomic mass is 10.1. The van der Waals surface area contributed by atoms with E-state index < -0.39 is 10.7 Å². The summed E-state index contributed by atoms with van der Waals surface area (Å²) in [5.74, 6) is -0.761. The Morgan fingerprint density at radius 2 is 2.15 bits per heavy atom. The highest BCUT2D eigenvalue weighted by atomic mass is 32.2. The van der Waals surface area contributed by atoms with Crippen molar-refractivity contribution in [3.8, 4) is 0 Å². The lowest BCUT2D eigenvalue weighted by Gasteiger charge is -2.25. The third-order valence-corrected chi connectivity index (χ3v) is 3.10. The predicted octanol–water partition coefficient (Wildman–Crippen LogP) is 2.01. The van der Waals surface area contributed by atoms with Gasteiger partial charge < -0.3 is 9.84 Å². The molecule has 0 aliphatic carbocycles. The Morgan fingerprint density at radius 1 is 1.62 bits per heavy atom. The SMILES string of the molecule is COCCC(C)(SC(C)C)C(=O)O. The van der Waals surface area contributed by atoms with Gasteiger partial charge in [-0.25, -0.2) is 0 Å². The first-order chi connectivity index (χ1) is 5.92. The van der Waals surface area contributed by atoms with E-state index in [1.807, 2.05) is 13.8 Å². The number of carboxylic acid groups (broad SMARTS) is 1. The number of thioether (sulfide) groups is 1. The fourth-order valence-electron chi connectivity index (χ4n) is 1.03. The number of hydrogen-bond acceptors (Lipinski definition) is 3. The number of ether oxygens (including phenoxy) is 1. The third-order valence-electron chi connectivity index (χ3n) is 1.73. The van der Waals surface area contributed by atoms with E-state index in [0.29, 0.717) is 18.3 Å². The van der Waals surface area contributed by atoms with Gasteiger partial charge >= 0.3 is 5.97 Å². The zero-order chi connectivity index (χ0) is 10.5. The van der Waals surface area contributed by atoms with Crippen LogP contribution in [0.5, 0.6) is 0 Å². The number of rotatable bonds is 6. The molecule has 4 heteroatoms. The Bertz CT molecular complexity index is 170. The van der Waals surface area contributed by atoms with Crippen molar-refractivity contribution in [3.05, 3.63) is 0 Å². The van der Waals surface area contributed by atoms with Gasteiger partial charge in [0.15, 0.2) is 0 Å². The molecule has 0 aromatic carbocycles. The van der Waals surface area contributed by atoms with Gasteiger partial charge in [-0.15, -0.1) is 11.8 Å². The summed E-state index contributed by atoms with van der Waals surface area (Å²) >= 11 is 1.47. The monoisotopic (exact) mass is 206 g/mol. The highest BCUT2D eigenvalue weighted by molar-refractivity contribution is 8.01. The van der Waals surface area contributed by atoms with E-state index in [-0.39, 0.29) is 0 Å². The summed E-state index contributed by atoms with van der Waals surface area (Å²) in [7, 11) is 1.59. The van der Waals surface area contributed by atoms with Crippen LogP contribution in [-0.2, 0) is 9.53 Å². The molecule has 0 aliphatic rings. The smallest absolute Gasteiger partial charge is 0.319 e. The van der Waals surface area contributed by atoms with Crippen LogP contribution in [0.4, 0.5) is 0 Å². The van der Waals surface area contributed by atoms with E-state index in [2.05, 4.69) is 0 Å². The van der Waals surface area contributed by atoms with Crippen LogP contribution in [0.1, 0.15) is 27.2 Å². The van der Waals surface area contributed by atoms with E-state index in [4.69, 9.17) is 9.84 Å². The molecular weight excluding hydrogens is 188 g/mol. The Morgan fingerprint density at radius 3 is 2.46 bits per heavy atom. The Hall–Kier alpha value is -0.220. The van der Waals surface area contributed by atoms with Gasteiger partial charge in [-0.2, -0.15) is 0 Å². The fraction of sp³-hybridized carbons (Fsp3) is 0.889. The molecule has 1 atom stereocenters. The quantitative estimate of drug-likeness (QED) is 0.722. The van der Waals surface area contributed by atoms with Gasteiger partial charge in [0.2, 0.25) is 0 Å². The van der Waals surface area contributed by atoms with Crippen LogP contribution in [0.2, 0.25) is 0 Å². The molecular formula is C9H18O3S. The summed E-state index contributed by atoms with van der Waals surface area (Å²) in [6.45, 7) is 6.23. The maximum Gasteiger partial charge on any atom is 0.319 e. The van der Waals surface area contributed by atoms with Crippen LogP contribution < -0.4 is 0 Å². The largest absolute Gasteiger partial charge is 0.480 e. The molecule has 1 unspecified atom stereocenters. The molecule has 1 N–H and O–H groups in total. The summed E-state index contributed by atoms with van der Waals surface area (Å²) in [6, 6.07) is 0. The lowest BCUT2D eigenvalue weighted by Crippen LogP contribution is -2.34. The second-order valence-corrected chi connectivity index (χ2v) is 5.52. The molecule has 0 heterocycles. The summed E-state index contributed by atoms with van der Waals surface area (Å²) in [6.07, 6.45) is 0.543. The summed E-state index contributed by atoms with van der Waals surface area (Å²) in [4.78, 5) is 11.0. The van der Waals surface area contributed by atoms with Crippen LogP contribution >= 0.6 is 11.8 Å². The van der Waals surface area contributed by atoms with Crippen molar-refractivity contribution < 1.29 is 14.6 Å². The van der Waals surface area contributed by atoms with E-state index in [9.17, 15) is 4.79 Å². The van der Waals surface area contributed by atoms with Gasteiger partial charge in [0.25, 0.3) is 0 Å². The first-order valence-corrected chi connectivity index (χ1v) is 5.20. The Labute approximate surface area is 83.9 Å². The Kier molecular flexibility index (Phi) is 5.40. The topological polar surface area (TPSA) is 46.5 Å². The Balaban J connectivity index is 4.25. The van der Waals surface area contributed by atoms with E-state index in [1.165, 1.54) is 11.8 Å². The minimum absolute atomic E-state index is 0.318. The van der Waals surface area contributed by atoms with Crippen LogP contribution in [0.25, 0.3) is 0 Å². The number of hydrogen-bond donors (Lipinski definition) is 1. The second kappa shape index (κ2) is 5.50. The van der Waals surface area contributed by atoms with Crippen molar-refractivity contribution >= 4 is 17.7 Å². The van der Waals surface area contributed by atoms with Gasteiger partial charge in [0, 0.05) is 19.0 Å². The van der Waals surface area contributed by atoms with Gasteiger partial charge in [-0.05, 0) is 13.3 Å². The van der Waals surface area contributed by atoms with E-state index in [1.54, 1.807) is 14.0 Å². The van der Waals surface area contributed by atoms with Gasteiger partial charge in [-0.3, -0.25) is 4.79 Å². The van der Waals surface area contributed by atoms with Gasteiger partial charge in [-0.1, -0.05) is 13.8 Å². The molecule has 0 aromatic heterocycles. The molecule has 13 heavy (non-hydrogen) atoms. The zero-order valence-corrected chi connectivity index (χ0v) is 9.48. The molecule has 0 bridgehead atoms. The molecule has 0 aliphatic heterocycles. The van der Waals surface area contributed by atoms with Crippen molar-refractivity contribution in [2.75, 3.05) is 13.7 Å². The normalized spacial score (nSPS) is 15.8. The predicted molar refractivity (Wildman–Crippen MR) is 55.3 cm³/mol. The summed E-state index contributed by atoms with van der Waals surface area (Å²) in [5, 5.41) is 9.35.